The molecule has 0 atom stereocenters. The van der Waals surface area contributed by atoms with E-state index in [1.54, 1.807) is 12.1 Å². The molecule has 0 saturated carbocycles. The molecule has 0 radical (unpaired) electrons. The summed E-state index contributed by atoms with van der Waals surface area (Å²) < 4.78 is 18.9. The third-order valence-electron chi connectivity index (χ3n) is 3.90. The van der Waals surface area contributed by atoms with Crippen LogP contribution in [0.25, 0.3) is 10.6 Å². The van der Waals surface area contributed by atoms with Crippen molar-refractivity contribution < 1.29 is 19.0 Å². The van der Waals surface area contributed by atoms with Gasteiger partial charge in [0.15, 0.2) is 0 Å². The molecule has 0 fully saturated rings. The van der Waals surface area contributed by atoms with Gasteiger partial charge in [-0.15, -0.1) is 11.3 Å². The summed E-state index contributed by atoms with van der Waals surface area (Å²) >= 11 is 1.53. The predicted molar refractivity (Wildman–Crippen MR) is 99.0 cm³/mol. The molecule has 1 heterocycles. The van der Waals surface area contributed by atoms with Crippen LogP contribution in [0.3, 0.4) is 0 Å². The molecule has 0 aliphatic heterocycles. The molecule has 0 amide bonds. The first-order valence-electron chi connectivity index (χ1n) is 8.17. The lowest BCUT2D eigenvalue weighted by Gasteiger charge is -2.06. The monoisotopic (exact) mass is 371 g/mol. The number of carboxylic acid groups (broad SMARTS) is 1. The van der Waals surface area contributed by atoms with Crippen LogP contribution in [0.1, 0.15) is 22.6 Å². The van der Waals surface area contributed by atoms with E-state index in [1.807, 2.05) is 31.2 Å². The SMILES string of the molecule is Cc1nc(-c2ccc(F)cc2)sc1COc1ccc(CCC(=O)O)cc1. The highest BCUT2D eigenvalue weighted by molar-refractivity contribution is 7.15. The second kappa shape index (κ2) is 8.10. The number of hydrogen-bond acceptors (Lipinski definition) is 4. The van der Waals surface area contributed by atoms with Crippen LogP contribution in [-0.4, -0.2) is 16.1 Å². The maximum atomic E-state index is 13.0. The van der Waals surface area contributed by atoms with Crippen LogP contribution in [0.4, 0.5) is 4.39 Å². The summed E-state index contributed by atoms with van der Waals surface area (Å²) in [5.74, 6) is -0.347. The van der Waals surface area contributed by atoms with Crippen molar-refractivity contribution in [2.24, 2.45) is 0 Å². The number of thiazole rings is 1. The summed E-state index contributed by atoms with van der Waals surface area (Å²) in [4.78, 5) is 16.2. The van der Waals surface area contributed by atoms with Gasteiger partial charge in [-0.3, -0.25) is 4.79 Å². The number of carboxylic acids is 1. The zero-order chi connectivity index (χ0) is 18.5. The highest BCUT2D eigenvalue weighted by Gasteiger charge is 2.10. The molecule has 0 unspecified atom stereocenters. The Morgan fingerprint density at radius 2 is 1.85 bits per heavy atom. The van der Waals surface area contributed by atoms with E-state index >= 15 is 0 Å². The fraction of sp³-hybridized carbons (Fsp3) is 0.200. The highest BCUT2D eigenvalue weighted by atomic mass is 32.1. The molecule has 0 aliphatic rings. The summed E-state index contributed by atoms with van der Waals surface area (Å²) in [6.07, 6.45) is 0.622. The minimum Gasteiger partial charge on any atom is -0.488 e. The molecular formula is C20H18FNO3S. The van der Waals surface area contributed by atoms with Crippen molar-refractivity contribution in [2.75, 3.05) is 0 Å². The molecule has 1 N–H and O–H groups in total. The van der Waals surface area contributed by atoms with E-state index in [9.17, 15) is 9.18 Å². The molecule has 0 aliphatic carbocycles. The number of carbonyl (C=O) groups is 1. The second-order valence-electron chi connectivity index (χ2n) is 5.86. The number of aryl methyl sites for hydroxylation is 2. The maximum absolute atomic E-state index is 13.0. The van der Waals surface area contributed by atoms with Gasteiger partial charge in [0.05, 0.1) is 10.6 Å². The molecule has 4 nitrogen and oxygen atoms in total. The van der Waals surface area contributed by atoms with Gasteiger partial charge in [-0.2, -0.15) is 0 Å². The van der Waals surface area contributed by atoms with Gasteiger partial charge < -0.3 is 9.84 Å². The summed E-state index contributed by atoms with van der Waals surface area (Å²) in [6.45, 7) is 2.33. The number of hydrogen-bond donors (Lipinski definition) is 1. The zero-order valence-electron chi connectivity index (χ0n) is 14.2. The van der Waals surface area contributed by atoms with E-state index in [2.05, 4.69) is 4.98 Å². The van der Waals surface area contributed by atoms with Gasteiger partial charge in [-0.25, -0.2) is 9.37 Å². The fourth-order valence-corrected chi connectivity index (χ4v) is 3.41. The number of rotatable bonds is 7. The van der Waals surface area contributed by atoms with Gasteiger partial charge in [-0.1, -0.05) is 12.1 Å². The van der Waals surface area contributed by atoms with E-state index in [1.165, 1.54) is 23.5 Å². The number of nitrogens with zero attached hydrogens (tertiary/aromatic N) is 1. The normalized spacial score (nSPS) is 10.7. The summed E-state index contributed by atoms with van der Waals surface area (Å²) in [7, 11) is 0. The highest BCUT2D eigenvalue weighted by Crippen LogP contribution is 2.29. The molecule has 1 aromatic heterocycles. The summed E-state index contributed by atoms with van der Waals surface area (Å²) in [6, 6.07) is 13.7. The smallest absolute Gasteiger partial charge is 0.303 e. The lowest BCUT2D eigenvalue weighted by atomic mass is 10.1. The minimum atomic E-state index is -0.803. The van der Waals surface area contributed by atoms with E-state index in [4.69, 9.17) is 9.84 Å². The Balaban J connectivity index is 1.63. The van der Waals surface area contributed by atoms with E-state index in [-0.39, 0.29) is 12.2 Å². The fourth-order valence-electron chi connectivity index (χ4n) is 2.43. The van der Waals surface area contributed by atoms with E-state index in [0.29, 0.717) is 13.0 Å². The average molecular weight is 371 g/mol. The zero-order valence-corrected chi connectivity index (χ0v) is 15.1. The van der Waals surface area contributed by atoms with Crippen LogP contribution in [-0.2, 0) is 17.8 Å². The lowest BCUT2D eigenvalue weighted by Crippen LogP contribution is -1.98. The molecule has 26 heavy (non-hydrogen) atoms. The number of aliphatic carboxylic acids is 1. The minimum absolute atomic E-state index is 0.117. The third-order valence-corrected chi connectivity index (χ3v) is 5.08. The Morgan fingerprint density at radius 1 is 1.15 bits per heavy atom. The first-order chi connectivity index (χ1) is 12.5. The molecule has 3 rings (SSSR count). The van der Waals surface area contributed by atoms with Gasteiger partial charge in [0.2, 0.25) is 0 Å². The standard InChI is InChI=1S/C20H18FNO3S/c1-13-18(26-20(22-13)15-5-7-16(21)8-6-15)12-25-17-9-2-14(3-10-17)4-11-19(23)24/h2-3,5-10H,4,11-12H2,1H3,(H,23,24). The van der Waals surface area contributed by atoms with Crippen molar-refractivity contribution in [3.8, 4) is 16.3 Å². The maximum Gasteiger partial charge on any atom is 0.303 e. The number of aromatic nitrogens is 1. The van der Waals surface area contributed by atoms with Gasteiger partial charge in [0.1, 0.15) is 23.2 Å². The molecule has 0 bridgehead atoms. The van der Waals surface area contributed by atoms with Crippen molar-refractivity contribution in [3.05, 3.63) is 70.5 Å². The van der Waals surface area contributed by atoms with Crippen molar-refractivity contribution in [1.29, 1.82) is 0 Å². The summed E-state index contributed by atoms with van der Waals surface area (Å²) in [5, 5.41) is 9.55. The van der Waals surface area contributed by atoms with E-state index < -0.39 is 5.97 Å². The summed E-state index contributed by atoms with van der Waals surface area (Å²) in [5.41, 5.74) is 2.74. The molecule has 2 aromatic carbocycles. The Morgan fingerprint density at radius 3 is 2.50 bits per heavy atom. The van der Waals surface area contributed by atoms with Gasteiger partial charge in [-0.05, 0) is 55.3 Å². The van der Waals surface area contributed by atoms with Gasteiger partial charge in [0, 0.05) is 12.0 Å². The number of benzene rings is 2. The Hall–Kier alpha value is -2.73. The van der Waals surface area contributed by atoms with Crippen LogP contribution < -0.4 is 4.74 Å². The Kier molecular flexibility index (Phi) is 5.63. The van der Waals surface area contributed by atoms with Crippen LogP contribution in [0, 0.1) is 12.7 Å². The first-order valence-corrected chi connectivity index (χ1v) is 8.98. The van der Waals surface area contributed by atoms with Crippen molar-refractivity contribution in [2.45, 2.75) is 26.4 Å². The largest absolute Gasteiger partial charge is 0.488 e. The van der Waals surface area contributed by atoms with Gasteiger partial charge >= 0.3 is 5.97 Å². The van der Waals surface area contributed by atoms with Crippen LogP contribution in [0.15, 0.2) is 48.5 Å². The van der Waals surface area contributed by atoms with E-state index in [0.717, 1.165) is 32.5 Å². The molecule has 6 heteroatoms. The quantitative estimate of drug-likeness (QED) is 0.645. The molecular weight excluding hydrogens is 353 g/mol. The van der Waals surface area contributed by atoms with Crippen LogP contribution in [0.2, 0.25) is 0 Å². The van der Waals surface area contributed by atoms with Crippen molar-refractivity contribution >= 4 is 17.3 Å². The average Bonchev–Trinajstić information content (AvgIpc) is 3.00. The van der Waals surface area contributed by atoms with Crippen LogP contribution in [0.5, 0.6) is 5.75 Å². The lowest BCUT2D eigenvalue weighted by molar-refractivity contribution is -0.136. The van der Waals surface area contributed by atoms with Crippen LogP contribution >= 0.6 is 11.3 Å². The number of halogens is 1. The predicted octanol–water partition coefficient (Wildman–Crippen LogP) is 4.85. The van der Waals surface area contributed by atoms with Gasteiger partial charge in [0.25, 0.3) is 0 Å². The first kappa shape index (κ1) is 18.1. The third kappa shape index (κ3) is 4.67. The van der Waals surface area contributed by atoms with Crippen molar-refractivity contribution in [3.63, 3.8) is 0 Å². The topological polar surface area (TPSA) is 59.4 Å². The van der Waals surface area contributed by atoms with Crippen molar-refractivity contribution in [1.82, 2.24) is 4.98 Å². The Labute approximate surface area is 154 Å². The molecule has 134 valence electrons. The molecule has 3 aromatic rings. The molecule has 0 saturated heterocycles. The molecule has 0 spiro atoms. The second-order valence-corrected chi connectivity index (χ2v) is 6.94. The number of ether oxygens (including phenoxy) is 1. The Bertz CT molecular complexity index is 888.